The molecule has 0 aromatic rings. The van der Waals surface area contributed by atoms with Crippen molar-refractivity contribution in [2.24, 2.45) is 5.10 Å². The van der Waals surface area contributed by atoms with Crippen LogP contribution in [-0.4, -0.2) is 17.8 Å². The average Bonchev–Trinajstić information content (AvgIpc) is 2.40. The molecule has 0 amide bonds. The molecule has 0 atom stereocenters. The maximum Gasteiger partial charge on any atom is 0.201 e. The SMILES string of the molecule is CCCCCCC/C=N/N(C#N)CCCCCC. The topological polar surface area (TPSA) is 39.4 Å². The third kappa shape index (κ3) is 11.4. The van der Waals surface area contributed by atoms with Gasteiger partial charge in [0.2, 0.25) is 6.19 Å². The van der Waals surface area contributed by atoms with Crippen LogP contribution in [0.5, 0.6) is 0 Å². The minimum absolute atomic E-state index is 0.767. The van der Waals surface area contributed by atoms with Crippen LogP contribution >= 0.6 is 0 Å². The molecule has 0 saturated carbocycles. The second-order valence-electron chi connectivity index (χ2n) is 4.78. The lowest BCUT2D eigenvalue weighted by Crippen LogP contribution is -2.12. The Hall–Kier alpha value is -1.04. The van der Waals surface area contributed by atoms with Crippen molar-refractivity contribution in [3.63, 3.8) is 0 Å². The van der Waals surface area contributed by atoms with E-state index in [-0.39, 0.29) is 0 Å². The number of nitrogens with zero attached hydrogens (tertiary/aromatic N) is 3. The first-order chi connectivity index (χ1) is 8.85. The molecule has 0 N–H and O–H groups in total. The maximum absolute atomic E-state index is 8.92. The summed E-state index contributed by atoms with van der Waals surface area (Å²) < 4.78 is 0. The summed E-state index contributed by atoms with van der Waals surface area (Å²) in [6.07, 6.45) is 16.2. The van der Waals surface area contributed by atoms with Crippen molar-refractivity contribution in [1.82, 2.24) is 5.01 Å². The third-order valence-corrected chi connectivity index (χ3v) is 3.00. The largest absolute Gasteiger partial charge is 0.201 e. The van der Waals surface area contributed by atoms with Crippen molar-refractivity contribution in [3.8, 4) is 6.19 Å². The van der Waals surface area contributed by atoms with Crippen LogP contribution in [0.1, 0.15) is 78.1 Å². The predicted octanol–water partition coefficient (Wildman–Crippen LogP) is 4.70. The quantitative estimate of drug-likeness (QED) is 0.166. The number of nitriles is 1. The minimum atomic E-state index is 0.767. The molecule has 0 aliphatic carbocycles. The summed E-state index contributed by atoms with van der Waals surface area (Å²) in [5.41, 5.74) is 0. The lowest BCUT2D eigenvalue weighted by molar-refractivity contribution is 0.398. The zero-order valence-electron chi connectivity index (χ0n) is 12.2. The number of hydrazone groups is 1. The van der Waals surface area contributed by atoms with Gasteiger partial charge >= 0.3 is 0 Å². The van der Waals surface area contributed by atoms with Gasteiger partial charge in [0, 0.05) is 6.21 Å². The average molecular weight is 251 g/mol. The van der Waals surface area contributed by atoms with Gasteiger partial charge in [0.05, 0.1) is 6.54 Å². The van der Waals surface area contributed by atoms with Crippen molar-refractivity contribution >= 4 is 6.21 Å². The van der Waals surface area contributed by atoms with Crippen LogP contribution in [0.15, 0.2) is 5.10 Å². The summed E-state index contributed by atoms with van der Waals surface area (Å²) in [5, 5.41) is 14.6. The lowest BCUT2D eigenvalue weighted by atomic mass is 10.1. The van der Waals surface area contributed by atoms with Crippen molar-refractivity contribution < 1.29 is 0 Å². The summed E-state index contributed by atoms with van der Waals surface area (Å²) in [6, 6.07) is 0. The Kier molecular flexibility index (Phi) is 13.2. The highest BCUT2D eigenvalue weighted by molar-refractivity contribution is 5.56. The van der Waals surface area contributed by atoms with Crippen molar-refractivity contribution in [2.45, 2.75) is 78.1 Å². The van der Waals surface area contributed by atoms with E-state index in [9.17, 15) is 0 Å². The van der Waals surface area contributed by atoms with Crippen LogP contribution in [-0.2, 0) is 0 Å². The number of rotatable bonds is 12. The number of hydrogen-bond acceptors (Lipinski definition) is 3. The van der Waals surface area contributed by atoms with E-state index in [2.05, 4.69) is 25.1 Å². The highest BCUT2D eigenvalue weighted by atomic mass is 15.4. The van der Waals surface area contributed by atoms with Crippen LogP contribution in [0.25, 0.3) is 0 Å². The predicted molar refractivity (Wildman–Crippen MR) is 78.3 cm³/mol. The van der Waals surface area contributed by atoms with E-state index in [1.807, 2.05) is 6.21 Å². The molecule has 0 aromatic heterocycles. The van der Waals surface area contributed by atoms with Gasteiger partial charge in [-0.3, -0.25) is 0 Å². The molecule has 3 heteroatoms. The van der Waals surface area contributed by atoms with Crippen LogP contribution < -0.4 is 0 Å². The molecule has 0 fully saturated rings. The van der Waals surface area contributed by atoms with E-state index in [0.717, 1.165) is 19.4 Å². The van der Waals surface area contributed by atoms with E-state index in [0.29, 0.717) is 0 Å². The van der Waals surface area contributed by atoms with Gasteiger partial charge in [-0.1, -0.05) is 58.8 Å². The van der Waals surface area contributed by atoms with Crippen LogP contribution in [0.2, 0.25) is 0 Å². The third-order valence-electron chi connectivity index (χ3n) is 3.00. The van der Waals surface area contributed by atoms with Crippen LogP contribution in [0, 0.1) is 11.5 Å². The summed E-state index contributed by atoms with van der Waals surface area (Å²) in [4.78, 5) is 0. The van der Waals surface area contributed by atoms with Gasteiger partial charge < -0.3 is 0 Å². The second-order valence-corrected chi connectivity index (χ2v) is 4.78. The lowest BCUT2D eigenvalue weighted by Gasteiger charge is -2.08. The summed E-state index contributed by atoms with van der Waals surface area (Å²) in [7, 11) is 0. The van der Waals surface area contributed by atoms with Gasteiger partial charge in [0.25, 0.3) is 0 Å². The Bertz CT molecular complexity index is 230. The van der Waals surface area contributed by atoms with Gasteiger partial charge in [-0.2, -0.15) is 10.4 Å². The van der Waals surface area contributed by atoms with E-state index < -0.39 is 0 Å². The molecule has 18 heavy (non-hydrogen) atoms. The molecule has 0 aromatic carbocycles. The van der Waals surface area contributed by atoms with E-state index in [4.69, 9.17) is 5.26 Å². The molecule has 0 unspecified atom stereocenters. The highest BCUT2D eigenvalue weighted by Gasteiger charge is 1.97. The fourth-order valence-corrected chi connectivity index (χ4v) is 1.82. The fourth-order valence-electron chi connectivity index (χ4n) is 1.82. The van der Waals surface area contributed by atoms with Gasteiger partial charge in [0.1, 0.15) is 0 Å². The van der Waals surface area contributed by atoms with Crippen molar-refractivity contribution in [1.29, 1.82) is 5.26 Å². The summed E-state index contributed by atoms with van der Waals surface area (Å²) in [6.45, 7) is 5.19. The Morgan fingerprint density at radius 3 is 2.17 bits per heavy atom. The van der Waals surface area contributed by atoms with E-state index in [1.165, 1.54) is 56.4 Å². The first kappa shape index (κ1) is 17.0. The standard InChI is InChI=1S/C15H29N3/c1-3-5-7-9-10-11-13-17-18(15-16)14-12-8-6-4-2/h13H,3-12,14H2,1-2H3/b17-13+. The molecule has 3 nitrogen and oxygen atoms in total. The molecular formula is C15H29N3. The molecule has 0 rings (SSSR count). The number of hydrogen-bond donors (Lipinski definition) is 0. The molecule has 0 bridgehead atoms. The Balaban J connectivity index is 3.49. The van der Waals surface area contributed by atoms with Gasteiger partial charge in [-0.25, -0.2) is 5.01 Å². The second kappa shape index (κ2) is 14.0. The van der Waals surface area contributed by atoms with E-state index in [1.54, 1.807) is 0 Å². The Morgan fingerprint density at radius 1 is 0.944 bits per heavy atom. The first-order valence-corrected chi connectivity index (χ1v) is 7.54. The Morgan fingerprint density at radius 2 is 1.56 bits per heavy atom. The normalized spacial score (nSPS) is 10.7. The van der Waals surface area contributed by atoms with Crippen LogP contribution in [0.4, 0.5) is 0 Å². The monoisotopic (exact) mass is 251 g/mol. The number of unbranched alkanes of at least 4 members (excludes halogenated alkanes) is 8. The molecule has 0 aliphatic heterocycles. The zero-order valence-corrected chi connectivity index (χ0v) is 12.2. The van der Waals surface area contributed by atoms with Crippen molar-refractivity contribution in [2.75, 3.05) is 6.54 Å². The van der Waals surface area contributed by atoms with Crippen molar-refractivity contribution in [3.05, 3.63) is 0 Å². The molecule has 0 saturated heterocycles. The molecule has 0 aliphatic rings. The zero-order chi connectivity index (χ0) is 13.5. The smallest absolute Gasteiger partial charge is 0.201 e. The molecule has 0 heterocycles. The van der Waals surface area contributed by atoms with Gasteiger partial charge in [-0.15, -0.1) is 0 Å². The highest BCUT2D eigenvalue weighted by Crippen LogP contribution is 2.04. The maximum atomic E-state index is 8.92. The molecule has 0 spiro atoms. The fraction of sp³-hybridized carbons (Fsp3) is 0.867. The first-order valence-electron chi connectivity index (χ1n) is 7.54. The minimum Gasteiger partial charge on any atom is -0.201 e. The van der Waals surface area contributed by atoms with Gasteiger partial charge in [0.15, 0.2) is 0 Å². The summed E-state index contributed by atoms with van der Waals surface area (Å²) >= 11 is 0. The summed E-state index contributed by atoms with van der Waals surface area (Å²) in [5.74, 6) is 0. The molecular weight excluding hydrogens is 222 g/mol. The van der Waals surface area contributed by atoms with Crippen LogP contribution in [0.3, 0.4) is 0 Å². The van der Waals surface area contributed by atoms with E-state index >= 15 is 0 Å². The van der Waals surface area contributed by atoms with Gasteiger partial charge in [-0.05, 0) is 19.3 Å². The molecule has 104 valence electrons. The Labute approximate surface area is 113 Å². The molecule has 0 radical (unpaired) electrons.